The molecule has 0 radical (unpaired) electrons. The molecule has 0 saturated carbocycles. The Morgan fingerprint density at radius 3 is 2.57 bits per heavy atom. The Balaban J connectivity index is 2.11. The number of aryl methyl sites for hydroxylation is 3. The van der Waals surface area contributed by atoms with Crippen molar-refractivity contribution in [3.63, 3.8) is 0 Å². The lowest BCUT2D eigenvalue weighted by Crippen LogP contribution is -2.14. The van der Waals surface area contributed by atoms with Gasteiger partial charge in [0.2, 0.25) is 10.0 Å². The van der Waals surface area contributed by atoms with Gasteiger partial charge in [-0.25, -0.2) is 18.5 Å². The molecule has 2 aromatic rings. The van der Waals surface area contributed by atoms with Crippen molar-refractivity contribution in [3.8, 4) is 5.75 Å². The standard InChI is InChI=1S/C14H19N3O3S/c1-10-9-13(21(15,18)19)11(2)8-12(10)20-7-4-14-16-5-6-17(14)3/h5-6,8-9H,4,7H2,1-3H3,(H2,15,18,19). The van der Waals surface area contributed by atoms with E-state index in [9.17, 15) is 8.42 Å². The summed E-state index contributed by atoms with van der Waals surface area (Å²) in [5.41, 5.74) is 1.32. The molecule has 0 aliphatic rings. The molecular weight excluding hydrogens is 290 g/mol. The summed E-state index contributed by atoms with van der Waals surface area (Å²) >= 11 is 0. The molecule has 0 fully saturated rings. The summed E-state index contributed by atoms with van der Waals surface area (Å²) in [5, 5.41) is 5.18. The van der Waals surface area contributed by atoms with E-state index in [1.807, 2.05) is 17.8 Å². The number of benzene rings is 1. The minimum Gasteiger partial charge on any atom is -0.493 e. The third-order valence-corrected chi connectivity index (χ3v) is 4.34. The van der Waals surface area contributed by atoms with Crippen molar-refractivity contribution in [2.75, 3.05) is 6.61 Å². The highest BCUT2D eigenvalue weighted by atomic mass is 32.2. The van der Waals surface area contributed by atoms with E-state index in [2.05, 4.69) is 4.98 Å². The molecule has 7 heteroatoms. The van der Waals surface area contributed by atoms with E-state index in [1.54, 1.807) is 32.2 Å². The minimum absolute atomic E-state index is 0.136. The van der Waals surface area contributed by atoms with Crippen LogP contribution >= 0.6 is 0 Å². The van der Waals surface area contributed by atoms with Crippen LogP contribution in [0.3, 0.4) is 0 Å². The molecule has 2 rings (SSSR count). The molecule has 1 aromatic heterocycles. The maximum absolute atomic E-state index is 11.5. The van der Waals surface area contributed by atoms with E-state index in [-0.39, 0.29) is 4.90 Å². The molecule has 0 aliphatic carbocycles. The van der Waals surface area contributed by atoms with Crippen LogP contribution in [0.25, 0.3) is 0 Å². The Bertz CT molecular complexity index is 751. The van der Waals surface area contributed by atoms with Crippen LogP contribution in [-0.4, -0.2) is 24.6 Å². The lowest BCUT2D eigenvalue weighted by atomic mass is 10.1. The molecule has 1 heterocycles. The van der Waals surface area contributed by atoms with Gasteiger partial charge in [-0.05, 0) is 37.1 Å². The van der Waals surface area contributed by atoms with Crippen LogP contribution < -0.4 is 9.88 Å². The first-order valence-electron chi connectivity index (χ1n) is 6.52. The summed E-state index contributed by atoms with van der Waals surface area (Å²) in [5.74, 6) is 1.60. The van der Waals surface area contributed by atoms with Crippen LogP contribution in [0.4, 0.5) is 0 Å². The molecule has 0 atom stereocenters. The van der Waals surface area contributed by atoms with Crippen LogP contribution in [-0.2, 0) is 23.5 Å². The fourth-order valence-corrected chi connectivity index (χ4v) is 2.96. The van der Waals surface area contributed by atoms with E-state index >= 15 is 0 Å². The summed E-state index contributed by atoms with van der Waals surface area (Å²) < 4.78 is 30.6. The zero-order valence-electron chi connectivity index (χ0n) is 12.3. The number of primary sulfonamides is 1. The molecule has 0 bridgehead atoms. The molecule has 114 valence electrons. The fraction of sp³-hybridized carbons (Fsp3) is 0.357. The first-order valence-corrected chi connectivity index (χ1v) is 8.06. The Kier molecular flexibility index (Phi) is 4.34. The summed E-state index contributed by atoms with van der Waals surface area (Å²) in [7, 11) is -1.77. The highest BCUT2D eigenvalue weighted by Gasteiger charge is 2.14. The summed E-state index contributed by atoms with van der Waals surface area (Å²) in [6, 6.07) is 3.24. The third-order valence-electron chi connectivity index (χ3n) is 3.28. The Morgan fingerprint density at radius 1 is 1.29 bits per heavy atom. The van der Waals surface area contributed by atoms with Crippen molar-refractivity contribution in [1.82, 2.24) is 9.55 Å². The lowest BCUT2D eigenvalue weighted by Gasteiger charge is -2.12. The molecule has 0 unspecified atom stereocenters. The van der Waals surface area contributed by atoms with Gasteiger partial charge in [-0.1, -0.05) is 0 Å². The van der Waals surface area contributed by atoms with E-state index in [4.69, 9.17) is 9.88 Å². The smallest absolute Gasteiger partial charge is 0.238 e. The summed E-state index contributed by atoms with van der Waals surface area (Å²) in [6.07, 6.45) is 4.30. The van der Waals surface area contributed by atoms with Crippen molar-refractivity contribution in [3.05, 3.63) is 41.5 Å². The number of ether oxygens (including phenoxy) is 1. The molecule has 6 nitrogen and oxygen atoms in total. The zero-order chi connectivity index (χ0) is 15.6. The van der Waals surface area contributed by atoms with Gasteiger partial charge in [0.15, 0.2) is 0 Å². The summed E-state index contributed by atoms with van der Waals surface area (Å²) in [6.45, 7) is 3.97. The second-order valence-electron chi connectivity index (χ2n) is 4.98. The molecule has 0 amide bonds. The number of imidazole rings is 1. The van der Waals surface area contributed by atoms with Crippen molar-refractivity contribution in [1.29, 1.82) is 0 Å². The number of sulfonamides is 1. The topological polar surface area (TPSA) is 87.2 Å². The SMILES string of the molecule is Cc1cc(S(N)(=O)=O)c(C)cc1OCCc1nccn1C. The summed E-state index contributed by atoms with van der Waals surface area (Å²) in [4.78, 5) is 4.36. The normalized spacial score (nSPS) is 11.6. The number of nitrogens with two attached hydrogens (primary N) is 1. The van der Waals surface area contributed by atoms with Gasteiger partial charge in [0.05, 0.1) is 11.5 Å². The molecular formula is C14H19N3O3S. The molecule has 0 saturated heterocycles. The van der Waals surface area contributed by atoms with Gasteiger partial charge in [0, 0.05) is 25.9 Å². The van der Waals surface area contributed by atoms with Gasteiger partial charge in [-0.2, -0.15) is 0 Å². The highest BCUT2D eigenvalue weighted by molar-refractivity contribution is 7.89. The van der Waals surface area contributed by atoms with E-state index in [0.717, 1.165) is 11.4 Å². The van der Waals surface area contributed by atoms with Crippen molar-refractivity contribution in [2.45, 2.75) is 25.2 Å². The Hall–Kier alpha value is -1.86. The zero-order valence-corrected chi connectivity index (χ0v) is 13.1. The van der Waals surface area contributed by atoms with Gasteiger partial charge in [0.25, 0.3) is 0 Å². The molecule has 0 spiro atoms. The van der Waals surface area contributed by atoms with Crippen LogP contribution in [0.1, 0.15) is 17.0 Å². The largest absolute Gasteiger partial charge is 0.493 e. The number of aromatic nitrogens is 2. The van der Waals surface area contributed by atoms with Crippen LogP contribution in [0, 0.1) is 13.8 Å². The highest BCUT2D eigenvalue weighted by Crippen LogP contribution is 2.25. The maximum atomic E-state index is 11.5. The van der Waals surface area contributed by atoms with Crippen LogP contribution in [0.2, 0.25) is 0 Å². The predicted octanol–water partition coefficient (Wildman–Crippen LogP) is 1.31. The average Bonchev–Trinajstić information content (AvgIpc) is 2.77. The molecule has 21 heavy (non-hydrogen) atoms. The lowest BCUT2D eigenvalue weighted by molar-refractivity contribution is 0.315. The minimum atomic E-state index is -3.70. The first-order chi connectivity index (χ1) is 9.79. The Labute approximate surface area is 124 Å². The predicted molar refractivity (Wildman–Crippen MR) is 79.7 cm³/mol. The third kappa shape index (κ3) is 3.62. The van der Waals surface area contributed by atoms with E-state index < -0.39 is 10.0 Å². The first kappa shape index (κ1) is 15.5. The average molecular weight is 309 g/mol. The number of hydrogen-bond donors (Lipinski definition) is 1. The van der Waals surface area contributed by atoms with E-state index in [0.29, 0.717) is 24.3 Å². The molecule has 2 N–H and O–H groups in total. The van der Waals surface area contributed by atoms with Gasteiger partial charge in [-0.15, -0.1) is 0 Å². The quantitative estimate of drug-likeness (QED) is 0.902. The van der Waals surface area contributed by atoms with Crippen molar-refractivity contribution >= 4 is 10.0 Å². The monoisotopic (exact) mass is 309 g/mol. The number of rotatable bonds is 5. The maximum Gasteiger partial charge on any atom is 0.238 e. The number of nitrogens with zero attached hydrogens (tertiary/aromatic N) is 2. The van der Waals surface area contributed by atoms with Crippen LogP contribution in [0.5, 0.6) is 5.75 Å². The van der Waals surface area contributed by atoms with E-state index in [1.165, 1.54) is 0 Å². The van der Waals surface area contributed by atoms with Gasteiger partial charge < -0.3 is 9.30 Å². The van der Waals surface area contributed by atoms with Crippen molar-refractivity contribution in [2.24, 2.45) is 12.2 Å². The van der Waals surface area contributed by atoms with Gasteiger partial charge in [0.1, 0.15) is 11.6 Å². The second-order valence-corrected chi connectivity index (χ2v) is 6.51. The molecule has 1 aromatic carbocycles. The van der Waals surface area contributed by atoms with Gasteiger partial charge >= 0.3 is 0 Å². The molecule has 0 aliphatic heterocycles. The van der Waals surface area contributed by atoms with Crippen molar-refractivity contribution < 1.29 is 13.2 Å². The fourth-order valence-electron chi connectivity index (χ4n) is 2.11. The number of hydrogen-bond acceptors (Lipinski definition) is 4. The van der Waals surface area contributed by atoms with Gasteiger partial charge in [-0.3, -0.25) is 0 Å². The van der Waals surface area contributed by atoms with Crippen LogP contribution in [0.15, 0.2) is 29.4 Å². The Morgan fingerprint density at radius 2 is 2.00 bits per heavy atom. The second kappa shape index (κ2) is 5.87.